The van der Waals surface area contributed by atoms with Gasteiger partial charge in [0.25, 0.3) is 5.91 Å². The van der Waals surface area contributed by atoms with E-state index in [-0.39, 0.29) is 11.8 Å². The van der Waals surface area contributed by atoms with Gasteiger partial charge in [0, 0.05) is 38.2 Å². The average Bonchev–Trinajstić information content (AvgIpc) is 3.37. The SMILES string of the molecule is Cc1ccc(-c2nc(C)c(C(=O)N3CCN(C(=O)CC4CCCC4)CC3)s2)c(C)c1. The minimum absolute atomic E-state index is 0.0453. The van der Waals surface area contributed by atoms with Crippen molar-refractivity contribution in [2.45, 2.75) is 52.9 Å². The number of thiazole rings is 1. The van der Waals surface area contributed by atoms with E-state index in [1.165, 1.54) is 48.1 Å². The zero-order valence-electron chi connectivity index (χ0n) is 18.2. The van der Waals surface area contributed by atoms with Crippen LogP contribution in [-0.4, -0.2) is 52.8 Å². The molecule has 1 aliphatic heterocycles. The lowest BCUT2D eigenvalue weighted by Gasteiger charge is -2.35. The highest BCUT2D eigenvalue weighted by atomic mass is 32.1. The van der Waals surface area contributed by atoms with Crippen LogP contribution in [0.25, 0.3) is 10.6 Å². The van der Waals surface area contributed by atoms with Gasteiger partial charge >= 0.3 is 0 Å². The molecule has 2 amide bonds. The summed E-state index contributed by atoms with van der Waals surface area (Å²) >= 11 is 1.48. The van der Waals surface area contributed by atoms with E-state index >= 15 is 0 Å². The fraction of sp³-hybridized carbons (Fsp3) is 0.542. The molecule has 2 heterocycles. The smallest absolute Gasteiger partial charge is 0.265 e. The van der Waals surface area contributed by atoms with Crippen LogP contribution in [0.2, 0.25) is 0 Å². The molecule has 30 heavy (non-hydrogen) atoms. The van der Waals surface area contributed by atoms with E-state index in [1.54, 1.807) is 0 Å². The molecule has 2 aromatic rings. The minimum Gasteiger partial charge on any atom is -0.339 e. The normalized spacial score (nSPS) is 17.6. The first-order chi connectivity index (χ1) is 14.4. The number of aromatic nitrogens is 1. The number of aryl methyl sites for hydroxylation is 3. The molecule has 5 nitrogen and oxygen atoms in total. The Labute approximate surface area is 183 Å². The predicted octanol–water partition coefficient (Wildman–Crippen LogP) is 4.60. The molecule has 4 rings (SSSR count). The summed E-state index contributed by atoms with van der Waals surface area (Å²) in [4.78, 5) is 35.0. The fourth-order valence-corrected chi connectivity index (χ4v) is 5.78. The number of hydrogen-bond donors (Lipinski definition) is 0. The highest BCUT2D eigenvalue weighted by Crippen LogP contribution is 2.32. The Morgan fingerprint density at radius 1 is 1.03 bits per heavy atom. The van der Waals surface area contributed by atoms with Crippen molar-refractivity contribution in [3.63, 3.8) is 0 Å². The Kier molecular flexibility index (Phi) is 6.23. The standard InChI is InChI=1S/C24H31N3O2S/c1-16-8-9-20(17(2)14-16)23-25-18(3)22(30-23)24(29)27-12-10-26(11-13-27)21(28)15-19-6-4-5-7-19/h8-9,14,19H,4-7,10-13,15H2,1-3H3. The quantitative estimate of drug-likeness (QED) is 0.719. The highest BCUT2D eigenvalue weighted by molar-refractivity contribution is 7.17. The predicted molar refractivity (Wildman–Crippen MR) is 121 cm³/mol. The van der Waals surface area contributed by atoms with E-state index < -0.39 is 0 Å². The van der Waals surface area contributed by atoms with Crippen LogP contribution >= 0.6 is 11.3 Å². The van der Waals surface area contributed by atoms with E-state index in [2.05, 4.69) is 32.0 Å². The topological polar surface area (TPSA) is 53.5 Å². The lowest BCUT2D eigenvalue weighted by atomic mass is 10.0. The van der Waals surface area contributed by atoms with E-state index in [1.807, 2.05) is 16.7 Å². The van der Waals surface area contributed by atoms with Crippen LogP contribution < -0.4 is 0 Å². The zero-order valence-corrected chi connectivity index (χ0v) is 19.1. The summed E-state index contributed by atoms with van der Waals surface area (Å²) in [5.41, 5.74) is 4.29. The second-order valence-electron chi connectivity index (χ2n) is 8.78. The van der Waals surface area contributed by atoms with Crippen molar-refractivity contribution in [3.05, 3.63) is 39.9 Å². The fourth-order valence-electron chi connectivity index (χ4n) is 4.66. The Morgan fingerprint density at radius 3 is 2.37 bits per heavy atom. The molecule has 160 valence electrons. The van der Waals surface area contributed by atoms with Crippen LogP contribution in [0.4, 0.5) is 0 Å². The van der Waals surface area contributed by atoms with Crippen molar-refractivity contribution in [2.24, 2.45) is 5.92 Å². The van der Waals surface area contributed by atoms with Crippen LogP contribution in [0.3, 0.4) is 0 Å². The summed E-state index contributed by atoms with van der Waals surface area (Å²) in [7, 11) is 0. The number of carbonyl (C=O) groups excluding carboxylic acids is 2. The third-order valence-electron chi connectivity index (χ3n) is 6.46. The summed E-state index contributed by atoms with van der Waals surface area (Å²) in [6.45, 7) is 8.56. The van der Waals surface area contributed by atoms with Gasteiger partial charge in [0.15, 0.2) is 0 Å². The third kappa shape index (κ3) is 4.43. The molecule has 0 radical (unpaired) electrons. The summed E-state index contributed by atoms with van der Waals surface area (Å²) in [5, 5.41) is 0.902. The molecule has 2 aliphatic rings. The second kappa shape index (κ2) is 8.88. The lowest BCUT2D eigenvalue weighted by molar-refractivity contribution is -0.133. The Morgan fingerprint density at radius 2 is 1.70 bits per heavy atom. The van der Waals surface area contributed by atoms with Gasteiger partial charge in [-0.05, 0) is 45.1 Å². The molecule has 0 atom stereocenters. The molecule has 1 saturated heterocycles. The number of hydrogen-bond acceptors (Lipinski definition) is 4. The number of nitrogens with zero attached hydrogens (tertiary/aromatic N) is 3. The minimum atomic E-state index is 0.0453. The zero-order chi connectivity index (χ0) is 21.3. The summed E-state index contributed by atoms with van der Waals surface area (Å²) in [5.74, 6) is 0.879. The molecule has 1 saturated carbocycles. The van der Waals surface area contributed by atoms with E-state index in [0.29, 0.717) is 38.5 Å². The maximum atomic E-state index is 13.2. The summed E-state index contributed by atoms with van der Waals surface area (Å²) in [6, 6.07) is 6.32. The van der Waals surface area contributed by atoms with E-state index in [9.17, 15) is 9.59 Å². The molecule has 0 unspecified atom stereocenters. The number of rotatable bonds is 4. The Bertz CT molecular complexity index is 938. The first kappa shape index (κ1) is 21.0. The molecule has 6 heteroatoms. The molecule has 0 bridgehead atoms. The largest absolute Gasteiger partial charge is 0.339 e. The Hall–Kier alpha value is -2.21. The number of benzene rings is 1. The highest BCUT2D eigenvalue weighted by Gasteiger charge is 2.29. The summed E-state index contributed by atoms with van der Waals surface area (Å²) < 4.78 is 0. The van der Waals surface area contributed by atoms with Crippen molar-refractivity contribution in [3.8, 4) is 10.6 Å². The molecule has 0 spiro atoms. The second-order valence-corrected chi connectivity index (χ2v) is 9.78. The van der Waals surface area contributed by atoms with Gasteiger partial charge in [0.05, 0.1) is 5.69 Å². The molecule has 2 fully saturated rings. The van der Waals surface area contributed by atoms with Crippen molar-refractivity contribution < 1.29 is 9.59 Å². The number of piperazine rings is 1. The Balaban J connectivity index is 1.39. The van der Waals surface area contributed by atoms with Crippen molar-refractivity contribution in [1.82, 2.24) is 14.8 Å². The number of amides is 2. The first-order valence-corrected chi connectivity index (χ1v) is 11.9. The third-order valence-corrected chi connectivity index (χ3v) is 7.64. The maximum absolute atomic E-state index is 13.2. The number of carbonyl (C=O) groups is 2. The van der Waals surface area contributed by atoms with Crippen LogP contribution in [0.5, 0.6) is 0 Å². The van der Waals surface area contributed by atoms with Gasteiger partial charge in [-0.1, -0.05) is 36.6 Å². The summed E-state index contributed by atoms with van der Waals surface area (Å²) in [6.07, 6.45) is 5.59. The van der Waals surface area contributed by atoms with Gasteiger partial charge in [-0.15, -0.1) is 11.3 Å². The van der Waals surface area contributed by atoms with Gasteiger partial charge in [-0.2, -0.15) is 0 Å². The van der Waals surface area contributed by atoms with Gasteiger partial charge in [-0.25, -0.2) is 4.98 Å². The van der Waals surface area contributed by atoms with Gasteiger partial charge in [0.1, 0.15) is 9.88 Å². The molecule has 1 aliphatic carbocycles. The van der Waals surface area contributed by atoms with Crippen LogP contribution in [0, 0.1) is 26.7 Å². The maximum Gasteiger partial charge on any atom is 0.265 e. The van der Waals surface area contributed by atoms with Crippen molar-refractivity contribution in [2.75, 3.05) is 26.2 Å². The van der Waals surface area contributed by atoms with Crippen LogP contribution in [0.15, 0.2) is 18.2 Å². The first-order valence-electron chi connectivity index (χ1n) is 11.0. The van der Waals surface area contributed by atoms with Crippen molar-refractivity contribution >= 4 is 23.2 Å². The molecular formula is C24H31N3O2S. The van der Waals surface area contributed by atoms with Gasteiger partial charge in [-0.3, -0.25) is 9.59 Å². The monoisotopic (exact) mass is 425 g/mol. The molecular weight excluding hydrogens is 394 g/mol. The molecule has 1 aromatic heterocycles. The van der Waals surface area contributed by atoms with E-state index in [0.717, 1.165) is 21.1 Å². The average molecular weight is 426 g/mol. The van der Waals surface area contributed by atoms with Crippen LogP contribution in [-0.2, 0) is 4.79 Å². The molecule has 0 N–H and O–H groups in total. The van der Waals surface area contributed by atoms with Gasteiger partial charge in [0.2, 0.25) is 5.91 Å². The lowest BCUT2D eigenvalue weighted by Crippen LogP contribution is -2.50. The van der Waals surface area contributed by atoms with E-state index in [4.69, 9.17) is 4.98 Å². The van der Waals surface area contributed by atoms with Crippen LogP contribution in [0.1, 0.15) is 58.6 Å². The molecule has 1 aromatic carbocycles. The van der Waals surface area contributed by atoms with Crippen molar-refractivity contribution in [1.29, 1.82) is 0 Å². The van der Waals surface area contributed by atoms with Gasteiger partial charge < -0.3 is 9.80 Å².